The van der Waals surface area contributed by atoms with E-state index in [9.17, 15) is 8.42 Å². The molecule has 1 N–H and O–H groups in total. The number of morpholine rings is 1. The maximum absolute atomic E-state index is 12.3. The Bertz CT molecular complexity index is 587. The molecule has 8 heteroatoms. The first-order valence-corrected chi connectivity index (χ1v) is 9.30. The Balaban J connectivity index is 1.81. The van der Waals surface area contributed by atoms with E-state index in [1.807, 2.05) is 19.9 Å². The van der Waals surface area contributed by atoms with Crippen LogP contribution in [0.15, 0.2) is 18.3 Å². The van der Waals surface area contributed by atoms with E-state index in [-0.39, 0.29) is 18.0 Å². The molecule has 2 atom stereocenters. The fraction of sp³-hybridized carbons (Fsp3) is 0.643. The highest BCUT2D eigenvalue weighted by molar-refractivity contribution is 7.89. The lowest BCUT2D eigenvalue weighted by Gasteiger charge is -2.34. The highest BCUT2D eigenvalue weighted by atomic mass is 35.5. The summed E-state index contributed by atoms with van der Waals surface area (Å²) in [5, 5.41) is 3.54. The maximum Gasteiger partial charge on any atom is 0.215 e. The van der Waals surface area contributed by atoms with Gasteiger partial charge >= 0.3 is 0 Å². The molecule has 2 heterocycles. The number of sulfonamides is 1. The van der Waals surface area contributed by atoms with E-state index in [0.717, 1.165) is 5.56 Å². The molecule has 1 fully saturated rings. The minimum Gasteiger partial charge on any atom is -0.373 e. The fourth-order valence-electron chi connectivity index (χ4n) is 2.46. The predicted octanol–water partition coefficient (Wildman–Crippen LogP) is 1.26. The zero-order valence-electron chi connectivity index (χ0n) is 12.8. The van der Waals surface area contributed by atoms with Crippen LogP contribution in [0.25, 0.3) is 0 Å². The van der Waals surface area contributed by atoms with E-state index in [1.165, 1.54) is 4.31 Å². The van der Waals surface area contributed by atoms with Gasteiger partial charge in [0.1, 0.15) is 5.15 Å². The predicted molar refractivity (Wildman–Crippen MR) is 86.3 cm³/mol. The van der Waals surface area contributed by atoms with Crippen molar-refractivity contribution < 1.29 is 13.2 Å². The molecule has 124 valence electrons. The summed E-state index contributed by atoms with van der Waals surface area (Å²) in [5.41, 5.74) is 0.857. The topological polar surface area (TPSA) is 71.5 Å². The third-order valence-electron chi connectivity index (χ3n) is 3.47. The molecule has 2 rings (SSSR count). The average molecular weight is 348 g/mol. The van der Waals surface area contributed by atoms with Crippen molar-refractivity contribution in [3.05, 3.63) is 29.0 Å². The summed E-state index contributed by atoms with van der Waals surface area (Å²) in [6.45, 7) is 5.48. The van der Waals surface area contributed by atoms with Crippen molar-refractivity contribution in [2.24, 2.45) is 0 Å². The van der Waals surface area contributed by atoms with Crippen LogP contribution in [0, 0.1) is 0 Å². The minimum absolute atomic E-state index is 0.0598. The van der Waals surface area contributed by atoms with Crippen LogP contribution in [0.5, 0.6) is 0 Å². The molecule has 2 unspecified atom stereocenters. The zero-order valence-corrected chi connectivity index (χ0v) is 14.4. The highest BCUT2D eigenvalue weighted by Gasteiger charge is 2.30. The molecule has 1 aliphatic rings. The molecule has 0 bridgehead atoms. The van der Waals surface area contributed by atoms with Gasteiger partial charge < -0.3 is 10.1 Å². The van der Waals surface area contributed by atoms with Crippen LogP contribution in [0.2, 0.25) is 5.15 Å². The lowest BCUT2D eigenvalue weighted by atomic mass is 10.3. The lowest BCUT2D eigenvalue weighted by Crippen LogP contribution is -2.49. The zero-order chi connectivity index (χ0) is 16.2. The molecular formula is C14H22ClN3O3S. The first kappa shape index (κ1) is 17.6. The Kier molecular flexibility index (Phi) is 6.17. The van der Waals surface area contributed by atoms with Gasteiger partial charge in [0.25, 0.3) is 0 Å². The molecule has 22 heavy (non-hydrogen) atoms. The van der Waals surface area contributed by atoms with Gasteiger partial charge in [-0.2, -0.15) is 4.31 Å². The second kappa shape index (κ2) is 7.70. The van der Waals surface area contributed by atoms with Gasteiger partial charge in [-0.1, -0.05) is 17.7 Å². The van der Waals surface area contributed by atoms with Crippen molar-refractivity contribution in [1.82, 2.24) is 14.6 Å². The van der Waals surface area contributed by atoms with Crippen LogP contribution in [0.1, 0.15) is 19.4 Å². The van der Waals surface area contributed by atoms with E-state index in [1.54, 1.807) is 12.3 Å². The van der Waals surface area contributed by atoms with Gasteiger partial charge in [0.05, 0.1) is 18.0 Å². The third-order valence-corrected chi connectivity index (χ3v) is 5.61. The van der Waals surface area contributed by atoms with E-state index >= 15 is 0 Å². The summed E-state index contributed by atoms with van der Waals surface area (Å²) >= 11 is 5.96. The summed E-state index contributed by atoms with van der Waals surface area (Å²) in [4.78, 5) is 3.98. The Morgan fingerprint density at radius 2 is 2.09 bits per heavy atom. The quantitative estimate of drug-likeness (QED) is 0.619. The molecule has 1 aromatic heterocycles. The van der Waals surface area contributed by atoms with Crippen molar-refractivity contribution in [3.63, 3.8) is 0 Å². The van der Waals surface area contributed by atoms with Crippen LogP contribution in [0.4, 0.5) is 0 Å². The second-order valence-electron chi connectivity index (χ2n) is 5.52. The van der Waals surface area contributed by atoms with Crippen molar-refractivity contribution >= 4 is 21.6 Å². The highest BCUT2D eigenvalue weighted by Crippen LogP contribution is 2.15. The molecule has 0 aromatic carbocycles. The van der Waals surface area contributed by atoms with Gasteiger partial charge in [-0.25, -0.2) is 13.4 Å². The number of aromatic nitrogens is 1. The average Bonchev–Trinajstić information content (AvgIpc) is 2.44. The number of nitrogens with zero attached hydrogens (tertiary/aromatic N) is 2. The molecule has 6 nitrogen and oxygen atoms in total. The molecule has 0 saturated carbocycles. The van der Waals surface area contributed by atoms with Crippen LogP contribution < -0.4 is 5.32 Å². The van der Waals surface area contributed by atoms with Gasteiger partial charge in [0.15, 0.2) is 0 Å². The number of hydrogen-bond donors (Lipinski definition) is 1. The van der Waals surface area contributed by atoms with Crippen LogP contribution in [-0.4, -0.2) is 55.3 Å². The molecule has 0 spiro atoms. The number of ether oxygens (including phenoxy) is 1. The van der Waals surface area contributed by atoms with Crippen molar-refractivity contribution in [1.29, 1.82) is 0 Å². The van der Waals surface area contributed by atoms with E-state index in [2.05, 4.69) is 10.3 Å². The fourth-order valence-corrected chi connectivity index (χ4v) is 4.18. The number of nitrogens with one attached hydrogen (secondary N) is 1. The molecule has 0 radical (unpaired) electrons. The SMILES string of the molecule is CC1CN(S(=O)(=O)CCNCc2cccnc2Cl)CC(C)O1. The lowest BCUT2D eigenvalue weighted by molar-refractivity contribution is -0.0440. The number of halogens is 1. The smallest absolute Gasteiger partial charge is 0.215 e. The number of rotatable bonds is 6. The Hall–Kier alpha value is -0.730. The molecule has 0 aliphatic carbocycles. The standard InChI is InChI=1S/C14H22ClN3O3S/c1-11-9-18(10-12(2)21-11)22(19,20)7-6-16-8-13-4-3-5-17-14(13)15/h3-5,11-12,16H,6-10H2,1-2H3. The van der Waals surface area contributed by atoms with Gasteiger partial charge in [-0.3, -0.25) is 0 Å². The molecule has 1 aromatic rings. The van der Waals surface area contributed by atoms with Crippen LogP contribution in [-0.2, 0) is 21.3 Å². The molecule has 0 amide bonds. The van der Waals surface area contributed by atoms with Crippen molar-refractivity contribution in [3.8, 4) is 0 Å². The summed E-state index contributed by atoms with van der Waals surface area (Å²) in [6.07, 6.45) is 1.48. The molecular weight excluding hydrogens is 326 g/mol. The Labute approximate surface area is 136 Å². The summed E-state index contributed by atoms with van der Waals surface area (Å²) in [7, 11) is -3.27. The monoisotopic (exact) mass is 347 g/mol. The van der Waals surface area contributed by atoms with Gasteiger partial charge in [-0.15, -0.1) is 0 Å². The van der Waals surface area contributed by atoms with Crippen LogP contribution >= 0.6 is 11.6 Å². The molecule has 1 saturated heterocycles. The largest absolute Gasteiger partial charge is 0.373 e. The summed E-state index contributed by atoms with van der Waals surface area (Å²) in [6, 6.07) is 3.66. The van der Waals surface area contributed by atoms with Gasteiger partial charge in [0.2, 0.25) is 10.0 Å². The normalized spacial score (nSPS) is 23.6. The second-order valence-corrected chi connectivity index (χ2v) is 7.97. The van der Waals surface area contributed by atoms with Crippen molar-refractivity contribution in [2.75, 3.05) is 25.4 Å². The third kappa shape index (κ3) is 4.89. The van der Waals surface area contributed by atoms with Crippen LogP contribution in [0.3, 0.4) is 0 Å². The maximum atomic E-state index is 12.3. The minimum atomic E-state index is -3.27. The van der Waals surface area contributed by atoms with E-state index in [4.69, 9.17) is 16.3 Å². The summed E-state index contributed by atoms with van der Waals surface area (Å²) in [5.74, 6) is 0.0598. The van der Waals surface area contributed by atoms with Crippen molar-refractivity contribution in [2.45, 2.75) is 32.6 Å². The first-order valence-electron chi connectivity index (χ1n) is 7.32. The Morgan fingerprint density at radius 1 is 1.41 bits per heavy atom. The van der Waals surface area contributed by atoms with Gasteiger partial charge in [0, 0.05) is 37.9 Å². The van der Waals surface area contributed by atoms with Gasteiger partial charge in [-0.05, 0) is 19.9 Å². The first-order chi connectivity index (χ1) is 10.4. The van der Waals surface area contributed by atoms with E-state index in [0.29, 0.717) is 31.3 Å². The number of pyridine rings is 1. The summed E-state index contributed by atoms with van der Waals surface area (Å²) < 4.78 is 31.8. The Morgan fingerprint density at radius 3 is 2.73 bits per heavy atom. The molecule has 1 aliphatic heterocycles. The number of hydrogen-bond acceptors (Lipinski definition) is 5. The van der Waals surface area contributed by atoms with E-state index < -0.39 is 10.0 Å².